The van der Waals surface area contributed by atoms with Crippen LogP contribution in [0.4, 0.5) is 0 Å². The number of ether oxygens (including phenoxy) is 5. The van der Waals surface area contributed by atoms with E-state index in [9.17, 15) is 9.90 Å². The summed E-state index contributed by atoms with van der Waals surface area (Å²) in [5.41, 5.74) is 0.548. The molecule has 1 aromatic rings. The van der Waals surface area contributed by atoms with E-state index in [4.69, 9.17) is 23.7 Å². The lowest BCUT2D eigenvalue weighted by Crippen LogP contribution is -2.42. The molecule has 0 amide bonds. The number of hydrogen-bond acceptors (Lipinski definition) is 7. The van der Waals surface area contributed by atoms with E-state index in [0.717, 1.165) is 32.1 Å². The number of aliphatic hydroxyl groups excluding tert-OH is 1. The summed E-state index contributed by atoms with van der Waals surface area (Å²) in [5.74, 6) is -1.09. The van der Waals surface area contributed by atoms with Crippen LogP contribution in [0.15, 0.2) is 30.3 Å². The highest BCUT2D eigenvalue weighted by molar-refractivity contribution is 5.89. The minimum Gasteiger partial charge on any atom is -0.456 e. The van der Waals surface area contributed by atoms with Crippen LogP contribution in [0.2, 0.25) is 0 Å². The molecule has 7 atom stereocenters. The van der Waals surface area contributed by atoms with Gasteiger partial charge >= 0.3 is 5.97 Å². The van der Waals surface area contributed by atoms with Gasteiger partial charge in [0.1, 0.15) is 24.4 Å². The predicted molar refractivity (Wildman–Crippen MR) is 135 cm³/mol. The van der Waals surface area contributed by atoms with Crippen molar-refractivity contribution in [3.05, 3.63) is 35.9 Å². The number of carbonyl (C=O) groups excluding carboxylic acids is 1. The molecule has 3 aliphatic rings. The smallest absolute Gasteiger partial charge is 0.338 e. The van der Waals surface area contributed by atoms with Crippen molar-refractivity contribution in [3.8, 4) is 0 Å². The van der Waals surface area contributed by atoms with Crippen molar-refractivity contribution in [2.75, 3.05) is 0 Å². The number of unbranched alkanes of at least 4 members (excludes halogenated alkanes) is 7. The van der Waals surface area contributed by atoms with Gasteiger partial charge in [0, 0.05) is 0 Å². The van der Waals surface area contributed by atoms with Crippen molar-refractivity contribution in [1.29, 1.82) is 0 Å². The quantitative estimate of drug-likeness (QED) is 0.279. The zero-order valence-corrected chi connectivity index (χ0v) is 22.1. The van der Waals surface area contributed by atoms with E-state index >= 15 is 0 Å². The zero-order chi connectivity index (χ0) is 25.5. The minimum atomic E-state index is -0.821. The molecule has 202 valence electrons. The molecule has 0 unspecified atom stereocenters. The molecule has 3 heterocycles. The molecule has 0 bridgehead atoms. The summed E-state index contributed by atoms with van der Waals surface area (Å²) < 4.78 is 30.0. The predicted octanol–water partition coefficient (Wildman–Crippen LogP) is 5.53. The average Bonchev–Trinajstić information content (AvgIpc) is 3.54. The van der Waals surface area contributed by atoms with E-state index in [-0.39, 0.29) is 24.3 Å². The van der Waals surface area contributed by atoms with Crippen molar-refractivity contribution in [3.63, 3.8) is 0 Å². The van der Waals surface area contributed by atoms with Gasteiger partial charge in [0.15, 0.2) is 12.1 Å². The second kappa shape index (κ2) is 12.8. The molecule has 1 aromatic carbocycles. The van der Waals surface area contributed by atoms with Crippen LogP contribution in [0.1, 0.15) is 102 Å². The first-order chi connectivity index (χ1) is 17.4. The van der Waals surface area contributed by atoms with Gasteiger partial charge in [-0.3, -0.25) is 0 Å². The molecule has 3 fully saturated rings. The standard InChI is InChI=1S/C29H44O7/c1-4-5-6-7-8-9-10-14-17-21(33-27(31)20-15-12-11-13-16-20)22-18-19-23(32-22)25-24(30)26-28(34-25)36-29(2,3)35-26/h11-13,15-16,21-26,28,30H,4-10,14,17-19H2,1-3H3/t21-,22-,23+,24-,25+,26+,28+/m0/s1. The van der Waals surface area contributed by atoms with E-state index in [0.29, 0.717) is 5.56 Å². The van der Waals surface area contributed by atoms with Crippen LogP contribution in [0.3, 0.4) is 0 Å². The van der Waals surface area contributed by atoms with Gasteiger partial charge < -0.3 is 28.8 Å². The van der Waals surface area contributed by atoms with Gasteiger partial charge in [-0.25, -0.2) is 4.79 Å². The molecule has 4 rings (SSSR count). The summed E-state index contributed by atoms with van der Waals surface area (Å²) >= 11 is 0. The first-order valence-electron chi connectivity index (χ1n) is 14.0. The maximum absolute atomic E-state index is 12.9. The van der Waals surface area contributed by atoms with Gasteiger partial charge in [0.2, 0.25) is 0 Å². The second-order valence-corrected chi connectivity index (χ2v) is 10.9. The van der Waals surface area contributed by atoms with Crippen molar-refractivity contribution in [1.82, 2.24) is 0 Å². The van der Waals surface area contributed by atoms with Crippen LogP contribution < -0.4 is 0 Å². The van der Waals surface area contributed by atoms with E-state index in [1.807, 2.05) is 32.0 Å². The third-order valence-corrected chi connectivity index (χ3v) is 7.53. The topological polar surface area (TPSA) is 83.5 Å². The minimum absolute atomic E-state index is 0.221. The van der Waals surface area contributed by atoms with Crippen LogP contribution in [0.25, 0.3) is 0 Å². The second-order valence-electron chi connectivity index (χ2n) is 10.9. The van der Waals surface area contributed by atoms with E-state index < -0.39 is 30.4 Å². The summed E-state index contributed by atoms with van der Waals surface area (Å²) in [5, 5.41) is 10.9. The fourth-order valence-electron chi connectivity index (χ4n) is 5.61. The Balaban J connectivity index is 1.31. The number of fused-ring (bicyclic) bond motifs is 1. The summed E-state index contributed by atoms with van der Waals surface area (Å²) in [6.45, 7) is 5.87. The van der Waals surface area contributed by atoms with Crippen LogP contribution in [-0.2, 0) is 23.7 Å². The van der Waals surface area contributed by atoms with Crippen molar-refractivity contribution in [2.24, 2.45) is 0 Å². The maximum Gasteiger partial charge on any atom is 0.338 e. The van der Waals surface area contributed by atoms with Crippen LogP contribution in [0.5, 0.6) is 0 Å². The Bertz CT molecular complexity index is 813. The Hall–Kier alpha value is -1.51. The number of hydrogen-bond donors (Lipinski definition) is 1. The van der Waals surface area contributed by atoms with Crippen molar-refractivity contribution in [2.45, 2.75) is 140 Å². The molecule has 7 nitrogen and oxygen atoms in total. The highest BCUT2D eigenvalue weighted by Gasteiger charge is 2.57. The number of esters is 1. The SMILES string of the molecule is CCCCCCCCCC[C@H](OC(=O)c1ccccc1)[C@@H]1CC[C@H]([C@H]2O[C@@H]3OC(C)(C)O[C@@H]3[C@H]2O)O1. The first-order valence-corrected chi connectivity index (χ1v) is 14.0. The highest BCUT2D eigenvalue weighted by atomic mass is 16.8. The van der Waals surface area contributed by atoms with Crippen LogP contribution >= 0.6 is 0 Å². The van der Waals surface area contributed by atoms with Gasteiger partial charge in [-0.05, 0) is 51.7 Å². The Kier molecular flexibility index (Phi) is 9.81. The summed E-state index contributed by atoms with van der Waals surface area (Å²) in [4.78, 5) is 12.9. The van der Waals surface area contributed by atoms with Gasteiger partial charge in [-0.15, -0.1) is 0 Å². The summed E-state index contributed by atoms with van der Waals surface area (Å²) in [6, 6.07) is 9.12. The molecule has 0 aromatic heterocycles. The average molecular weight is 505 g/mol. The van der Waals surface area contributed by atoms with Gasteiger partial charge in [0.25, 0.3) is 0 Å². The fourth-order valence-corrected chi connectivity index (χ4v) is 5.61. The normalized spacial score (nSPS) is 31.9. The molecule has 1 N–H and O–H groups in total. The molecule has 7 heteroatoms. The number of aliphatic hydroxyl groups is 1. The number of carbonyl (C=O) groups is 1. The molecular weight excluding hydrogens is 460 g/mol. The summed E-state index contributed by atoms with van der Waals surface area (Å²) in [7, 11) is 0. The Labute approximate surface area is 215 Å². The lowest BCUT2D eigenvalue weighted by Gasteiger charge is -2.28. The molecule has 0 spiro atoms. The lowest BCUT2D eigenvalue weighted by molar-refractivity contribution is -0.229. The molecular formula is C29H44O7. The molecule has 3 aliphatic heterocycles. The third-order valence-electron chi connectivity index (χ3n) is 7.53. The maximum atomic E-state index is 12.9. The zero-order valence-electron chi connectivity index (χ0n) is 22.1. The van der Waals surface area contributed by atoms with Crippen LogP contribution in [0, 0.1) is 0 Å². The van der Waals surface area contributed by atoms with Crippen molar-refractivity contribution >= 4 is 5.97 Å². The van der Waals surface area contributed by atoms with E-state index in [1.165, 1.54) is 38.5 Å². The van der Waals surface area contributed by atoms with Gasteiger partial charge in [0.05, 0.1) is 17.8 Å². The molecule has 0 radical (unpaired) electrons. The Morgan fingerprint density at radius 2 is 1.67 bits per heavy atom. The highest BCUT2D eigenvalue weighted by Crippen LogP contribution is 2.41. The lowest BCUT2D eigenvalue weighted by atomic mass is 10.00. The monoisotopic (exact) mass is 504 g/mol. The van der Waals surface area contributed by atoms with E-state index in [2.05, 4.69) is 6.92 Å². The Morgan fingerprint density at radius 3 is 2.36 bits per heavy atom. The molecule has 0 aliphatic carbocycles. The first kappa shape index (κ1) is 27.5. The Morgan fingerprint density at radius 1 is 0.972 bits per heavy atom. The number of rotatable bonds is 13. The molecule has 36 heavy (non-hydrogen) atoms. The third kappa shape index (κ3) is 7.07. The van der Waals surface area contributed by atoms with Crippen LogP contribution in [-0.4, -0.2) is 59.8 Å². The van der Waals surface area contributed by atoms with E-state index in [1.54, 1.807) is 12.1 Å². The van der Waals surface area contributed by atoms with Gasteiger partial charge in [-0.2, -0.15) is 0 Å². The largest absolute Gasteiger partial charge is 0.456 e. The summed E-state index contributed by atoms with van der Waals surface area (Å²) in [6.07, 6.45) is 8.74. The molecule has 3 saturated heterocycles. The van der Waals surface area contributed by atoms with Crippen molar-refractivity contribution < 1.29 is 33.6 Å². The fraction of sp³-hybridized carbons (Fsp3) is 0.759. The van der Waals surface area contributed by atoms with Gasteiger partial charge in [-0.1, -0.05) is 70.1 Å². The molecule has 0 saturated carbocycles. The number of benzene rings is 1.